The van der Waals surface area contributed by atoms with Crippen molar-refractivity contribution in [2.75, 3.05) is 6.54 Å². The third kappa shape index (κ3) is 3.07. The van der Waals surface area contributed by atoms with E-state index < -0.39 is 0 Å². The van der Waals surface area contributed by atoms with Gasteiger partial charge in [0.05, 0.1) is 5.69 Å². The summed E-state index contributed by atoms with van der Waals surface area (Å²) in [4.78, 5) is 18.2. The first-order chi connectivity index (χ1) is 8.70. The molecule has 2 rings (SSSR count). The van der Waals surface area contributed by atoms with Gasteiger partial charge < -0.3 is 10.6 Å². The normalized spacial score (nSPS) is 20.9. The van der Waals surface area contributed by atoms with E-state index in [2.05, 4.69) is 11.9 Å². The lowest BCUT2D eigenvalue weighted by atomic mass is 10.0. The zero-order valence-corrected chi connectivity index (χ0v) is 10.9. The lowest BCUT2D eigenvalue weighted by molar-refractivity contribution is -0.131. The highest BCUT2D eigenvalue weighted by molar-refractivity contribution is 5.76. The van der Waals surface area contributed by atoms with Crippen LogP contribution in [0.15, 0.2) is 18.3 Å². The molecule has 0 aromatic carbocycles. The van der Waals surface area contributed by atoms with Crippen molar-refractivity contribution in [3.8, 4) is 0 Å². The molecule has 18 heavy (non-hydrogen) atoms. The van der Waals surface area contributed by atoms with Gasteiger partial charge in [0.1, 0.15) is 0 Å². The zero-order valence-electron chi connectivity index (χ0n) is 10.9. The standard InChI is InChI=1S/C14H21N3O/c1-11-4-5-14(18)17(8-6-11)10-12-3-2-7-16-13(12)9-15/h2-3,7,11H,4-6,8-10,15H2,1H3. The fourth-order valence-corrected chi connectivity index (χ4v) is 2.35. The minimum Gasteiger partial charge on any atom is -0.338 e. The molecule has 0 spiro atoms. The van der Waals surface area contributed by atoms with Crippen molar-refractivity contribution < 1.29 is 4.79 Å². The smallest absolute Gasteiger partial charge is 0.222 e. The first-order valence-electron chi connectivity index (χ1n) is 6.61. The van der Waals surface area contributed by atoms with Crippen LogP contribution in [-0.2, 0) is 17.9 Å². The molecule has 1 aromatic rings. The van der Waals surface area contributed by atoms with Gasteiger partial charge in [-0.3, -0.25) is 9.78 Å². The molecular weight excluding hydrogens is 226 g/mol. The molecule has 1 fully saturated rings. The van der Waals surface area contributed by atoms with E-state index >= 15 is 0 Å². The Balaban J connectivity index is 2.09. The van der Waals surface area contributed by atoms with Gasteiger partial charge in [0.25, 0.3) is 0 Å². The molecule has 2 N–H and O–H groups in total. The van der Waals surface area contributed by atoms with Gasteiger partial charge in [-0.25, -0.2) is 0 Å². The summed E-state index contributed by atoms with van der Waals surface area (Å²) in [6.45, 7) is 4.13. The van der Waals surface area contributed by atoms with Crippen LogP contribution in [0.3, 0.4) is 0 Å². The Kier molecular flexibility index (Phi) is 4.31. The first kappa shape index (κ1) is 13.0. The average molecular weight is 247 g/mol. The SMILES string of the molecule is CC1CCC(=O)N(Cc2cccnc2CN)CC1. The maximum atomic E-state index is 12.0. The maximum Gasteiger partial charge on any atom is 0.222 e. The van der Waals surface area contributed by atoms with E-state index in [0.717, 1.165) is 30.6 Å². The molecular formula is C14H21N3O. The first-order valence-corrected chi connectivity index (χ1v) is 6.61. The minimum absolute atomic E-state index is 0.256. The number of nitrogens with zero attached hydrogens (tertiary/aromatic N) is 2. The highest BCUT2D eigenvalue weighted by Gasteiger charge is 2.20. The quantitative estimate of drug-likeness (QED) is 0.884. The Hall–Kier alpha value is -1.42. The Morgan fingerprint density at radius 3 is 3.11 bits per heavy atom. The summed E-state index contributed by atoms with van der Waals surface area (Å²) in [6, 6.07) is 3.91. The topological polar surface area (TPSA) is 59.2 Å². The van der Waals surface area contributed by atoms with Crippen LogP contribution in [0.5, 0.6) is 0 Å². The fourth-order valence-electron chi connectivity index (χ4n) is 2.35. The second kappa shape index (κ2) is 5.96. The summed E-state index contributed by atoms with van der Waals surface area (Å²) >= 11 is 0. The fraction of sp³-hybridized carbons (Fsp3) is 0.571. The molecule has 98 valence electrons. The number of hydrogen-bond acceptors (Lipinski definition) is 3. The molecule has 1 aliphatic heterocycles. The van der Waals surface area contributed by atoms with Gasteiger partial charge in [0.2, 0.25) is 5.91 Å². The molecule has 0 bridgehead atoms. The highest BCUT2D eigenvalue weighted by Crippen LogP contribution is 2.19. The van der Waals surface area contributed by atoms with Crippen molar-refractivity contribution in [3.63, 3.8) is 0 Å². The van der Waals surface area contributed by atoms with Gasteiger partial charge in [0.15, 0.2) is 0 Å². The summed E-state index contributed by atoms with van der Waals surface area (Å²) in [7, 11) is 0. The largest absolute Gasteiger partial charge is 0.338 e. The molecule has 1 amide bonds. The Labute approximate surface area is 108 Å². The Bertz CT molecular complexity index is 419. The molecule has 1 aliphatic rings. The third-order valence-electron chi connectivity index (χ3n) is 3.63. The van der Waals surface area contributed by atoms with Crippen LogP contribution in [0, 0.1) is 5.92 Å². The number of nitrogens with two attached hydrogens (primary N) is 1. The van der Waals surface area contributed by atoms with E-state index in [0.29, 0.717) is 25.4 Å². The number of carbonyl (C=O) groups is 1. The molecule has 1 aromatic heterocycles. The summed E-state index contributed by atoms with van der Waals surface area (Å²) < 4.78 is 0. The molecule has 2 heterocycles. The third-order valence-corrected chi connectivity index (χ3v) is 3.63. The monoisotopic (exact) mass is 247 g/mol. The van der Waals surface area contributed by atoms with E-state index in [1.807, 2.05) is 17.0 Å². The van der Waals surface area contributed by atoms with E-state index in [9.17, 15) is 4.79 Å². The number of rotatable bonds is 3. The molecule has 1 saturated heterocycles. The number of likely N-dealkylation sites (tertiary alicyclic amines) is 1. The number of hydrogen-bond donors (Lipinski definition) is 1. The van der Waals surface area contributed by atoms with E-state index in [1.54, 1.807) is 6.20 Å². The highest BCUT2D eigenvalue weighted by atomic mass is 16.2. The van der Waals surface area contributed by atoms with Crippen molar-refractivity contribution in [2.45, 2.75) is 39.3 Å². The predicted octanol–water partition coefficient (Wildman–Crippen LogP) is 1.69. The molecule has 4 nitrogen and oxygen atoms in total. The molecule has 4 heteroatoms. The lowest BCUT2D eigenvalue weighted by Gasteiger charge is -2.21. The van der Waals surface area contributed by atoms with Crippen molar-refractivity contribution >= 4 is 5.91 Å². The van der Waals surface area contributed by atoms with Crippen molar-refractivity contribution in [2.24, 2.45) is 11.7 Å². The molecule has 1 unspecified atom stereocenters. The van der Waals surface area contributed by atoms with Crippen LogP contribution in [0.4, 0.5) is 0 Å². The number of pyridine rings is 1. The van der Waals surface area contributed by atoms with Gasteiger partial charge >= 0.3 is 0 Å². The molecule has 0 radical (unpaired) electrons. The van der Waals surface area contributed by atoms with Crippen molar-refractivity contribution in [1.29, 1.82) is 0 Å². The predicted molar refractivity (Wildman–Crippen MR) is 70.6 cm³/mol. The molecule has 0 saturated carbocycles. The Morgan fingerprint density at radius 1 is 1.50 bits per heavy atom. The lowest BCUT2D eigenvalue weighted by Crippen LogP contribution is -2.30. The van der Waals surface area contributed by atoms with Crippen LogP contribution in [0.25, 0.3) is 0 Å². The van der Waals surface area contributed by atoms with E-state index in [-0.39, 0.29) is 5.91 Å². The summed E-state index contributed by atoms with van der Waals surface area (Å²) in [5.74, 6) is 0.896. The number of aromatic nitrogens is 1. The van der Waals surface area contributed by atoms with Crippen LogP contribution in [-0.4, -0.2) is 22.3 Å². The van der Waals surface area contributed by atoms with Crippen molar-refractivity contribution in [3.05, 3.63) is 29.6 Å². The van der Waals surface area contributed by atoms with Crippen molar-refractivity contribution in [1.82, 2.24) is 9.88 Å². The summed E-state index contributed by atoms with van der Waals surface area (Å²) in [5.41, 5.74) is 7.64. The van der Waals surface area contributed by atoms with E-state index in [1.165, 1.54) is 0 Å². The summed E-state index contributed by atoms with van der Waals surface area (Å²) in [5, 5.41) is 0. The summed E-state index contributed by atoms with van der Waals surface area (Å²) in [6.07, 6.45) is 4.51. The number of amides is 1. The van der Waals surface area contributed by atoms with E-state index in [4.69, 9.17) is 5.73 Å². The molecule has 1 atom stereocenters. The number of carbonyl (C=O) groups excluding carboxylic acids is 1. The Morgan fingerprint density at radius 2 is 2.33 bits per heavy atom. The second-order valence-electron chi connectivity index (χ2n) is 5.06. The zero-order chi connectivity index (χ0) is 13.0. The second-order valence-corrected chi connectivity index (χ2v) is 5.06. The maximum absolute atomic E-state index is 12.0. The minimum atomic E-state index is 0.256. The molecule has 0 aliphatic carbocycles. The van der Waals surface area contributed by atoms with Crippen LogP contribution in [0.2, 0.25) is 0 Å². The van der Waals surface area contributed by atoms with Gasteiger partial charge in [-0.15, -0.1) is 0 Å². The van der Waals surface area contributed by atoms with Gasteiger partial charge in [-0.1, -0.05) is 13.0 Å². The van der Waals surface area contributed by atoms with Crippen LogP contribution in [0.1, 0.15) is 37.4 Å². The van der Waals surface area contributed by atoms with Gasteiger partial charge in [0, 0.05) is 32.3 Å². The van der Waals surface area contributed by atoms with Crippen LogP contribution < -0.4 is 5.73 Å². The van der Waals surface area contributed by atoms with Crippen LogP contribution >= 0.6 is 0 Å². The average Bonchev–Trinajstić information content (AvgIpc) is 2.55. The van der Waals surface area contributed by atoms with Gasteiger partial charge in [-0.2, -0.15) is 0 Å². The van der Waals surface area contributed by atoms with Gasteiger partial charge in [-0.05, 0) is 30.4 Å².